The first-order valence-electron chi connectivity index (χ1n) is 23.6. The van der Waals surface area contributed by atoms with Gasteiger partial charge in [-0.2, -0.15) is 31.6 Å². The number of para-hydroxylation sites is 2. The zero-order valence-corrected chi connectivity index (χ0v) is 40.2. The van der Waals surface area contributed by atoms with Gasteiger partial charge in [-0.1, -0.05) is 102 Å². The van der Waals surface area contributed by atoms with Crippen LogP contribution in [0.4, 0.5) is 26.3 Å². The summed E-state index contributed by atoms with van der Waals surface area (Å²) in [5, 5.41) is 14.9. The molecule has 0 spiro atoms. The molecule has 11 rings (SSSR count). The molecule has 0 aliphatic carbocycles. The van der Waals surface area contributed by atoms with E-state index in [9.17, 15) is 18.4 Å². The van der Waals surface area contributed by atoms with Gasteiger partial charge < -0.3 is 9.13 Å². The topological polar surface area (TPSA) is 33.6 Å². The zero-order chi connectivity index (χ0) is 50.5. The monoisotopic (exact) mass is 957 g/mol. The normalized spacial score (nSPS) is 12.2. The van der Waals surface area contributed by atoms with Crippen molar-refractivity contribution in [1.82, 2.24) is 9.13 Å². The lowest BCUT2D eigenvalue weighted by Gasteiger charge is -2.22. The van der Waals surface area contributed by atoms with Gasteiger partial charge in [-0.15, -0.1) is 0 Å². The third-order valence-corrected chi connectivity index (χ3v) is 14.2. The van der Waals surface area contributed by atoms with Gasteiger partial charge in [0.2, 0.25) is 0 Å². The fourth-order valence-electron chi connectivity index (χ4n) is 11.5. The van der Waals surface area contributed by atoms with Crippen molar-refractivity contribution in [3.05, 3.63) is 214 Å². The molecule has 3 nitrogen and oxygen atoms in total. The van der Waals surface area contributed by atoms with Gasteiger partial charge in [0.25, 0.3) is 0 Å². The molecule has 2 aromatic heterocycles. The first-order chi connectivity index (χ1) is 34.4. The standard InChI is InChI=1S/C63H45F6N3/c1-35-26-37(3)59(38(4)27-35)42-19-24-55-49(31-42)47-13-7-9-15-53(47)71(55)57-23-18-41(46-22-21-45(62(64,65)66)33-52(46)63(67,68)69)30-51(57)61-44(34-70)12-11-17-58(61)72-54-16-10-8-14-48(54)50-32-43(20-25-56(50)72)60-39(5)28-36(2)29-40(60)6/h7-33H,1-6H3. The molecule has 0 saturated heterocycles. The van der Waals surface area contributed by atoms with Crippen LogP contribution in [-0.2, 0) is 12.4 Å². The molecule has 354 valence electrons. The van der Waals surface area contributed by atoms with E-state index in [0.717, 1.165) is 99.7 Å². The number of rotatable bonds is 6. The Morgan fingerprint density at radius 1 is 0.389 bits per heavy atom. The van der Waals surface area contributed by atoms with E-state index in [2.05, 4.69) is 123 Å². The lowest BCUT2D eigenvalue weighted by atomic mass is 9.90. The van der Waals surface area contributed by atoms with Crippen molar-refractivity contribution in [2.45, 2.75) is 53.9 Å². The largest absolute Gasteiger partial charge is 0.417 e. The van der Waals surface area contributed by atoms with Crippen molar-refractivity contribution in [1.29, 1.82) is 5.26 Å². The molecule has 0 saturated carbocycles. The molecule has 0 radical (unpaired) electrons. The molecule has 0 unspecified atom stereocenters. The second-order valence-electron chi connectivity index (χ2n) is 19.0. The van der Waals surface area contributed by atoms with E-state index in [1.54, 1.807) is 24.3 Å². The highest BCUT2D eigenvalue weighted by Crippen LogP contribution is 2.47. The van der Waals surface area contributed by atoms with Crippen LogP contribution in [0.3, 0.4) is 0 Å². The van der Waals surface area contributed by atoms with Crippen LogP contribution in [-0.4, -0.2) is 9.13 Å². The molecule has 2 heterocycles. The minimum Gasteiger partial charge on any atom is -0.309 e. The minimum absolute atomic E-state index is 0.0255. The summed E-state index contributed by atoms with van der Waals surface area (Å²) in [4.78, 5) is 0. The SMILES string of the molecule is Cc1cc(C)c(-c2ccc3c(c2)c2ccccc2n3-c2ccc(-c3ccc(C(F)(F)F)cc3C(F)(F)F)cc2-c2c(C#N)cccc2-n2c3ccccc3c3cc(-c4c(C)cc(C)cc4C)ccc32)c(C)c1. The molecule has 0 aliphatic rings. The summed E-state index contributed by atoms with van der Waals surface area (Å²) in [7, 11) is 0. The molecule has 0 aliphatic heterocycles. The molecule has 72 heavy (non-hydrogen) atoms. The summed E-state index contributed by atoms with van der Waals surface area (Å²) >= 11 is 0. The lowest BCUT2D eigenvalue weighted by Crippen LogP contribution is -2.12. The smallest absolute Gasteiger partial charge is 0.309 e. The Labute approximate surface area is 412 Å². The molecule has 11 aromatic rings. The molecule has 0 amide bonds. The van der Waals surface area contributed by atoms with Crippen molar-refractivity contribution < 1.29 is 26.3 Å². The van der Waals surface area contributed by atoms with Crippen LogP contribution in [0.1, 0.15) is 50.1 Å². The Morgan fingerprint density at radius 3 is 1.38 bits per heavy atom. The molecule has 9 heteroatoms. The number of aromatic nitrogens is 2. The highest BCUT2D eigenvalue weighted by atomic mass is 19.4. The third kappa shape index (κ3) is 7.52. The average molecular weight is 958 g/mol. The second-order valence-corrected chi connectivity index (χ2v) is 19.0. The van der Waals surface area contributed by atoms with Crippen molar-refractivity contribution >= 4 is 43.6 Å². The summed E-state index contributed by atoms with van der Waals surface area (Å²) in [6.07, 6.45) is -10.1. The highest BCUT2D eigenvalue weighted by Gasteiger charge is 2.39. The number of benzene rings is 9. The van der Waals surface area contributed by atoms with Crippen molar-refractivity contribution in [2.75, 3.05) is 0 Å². The van der Waals surface area contributed by atoms with Crippen LogP contribution in [0.5, 0.6) is 0 Å². The Hall–Kier alpha value is -8.35. The van der Waals surface area contributed by atoms with Gasteiger partial charge in [-0.25, -0.2) is 0 Å². The quantitative estimate of drug-likeness (QED) is 0.153. The summed E-state index contributed by atoms with van der Waals surface area (Å²) in [6, 6.07) is 51.6. The van der Waals surface area contributed by atoms with E-state index in [0.29, 0.717) is 28.6 Å². The van der Waals surface area contributed by atoms with E-state index in [1.165, 1.54) is 11.6 Å². The zero-order valence-electron chi connectivity index (χ0n) is 40.2. The van der Waals surface area contributed by atoms with Crippen LogP contribution >= 0.6 is 0 Å². The van der Waals surface area contributed by atoms with Gasteiger partial charge in [0, 0.05) is 32.7 Å². The molecule has 0 atom stereocenters. The van der Waals surface area contributed by atoms with Gasteiger partial charge in [0.05, 0.1) is 56.2 Å². The van der Waals surface area contributed by atoms with Gasteiger partial charge in [-0.05, 0) is 170 Å². The maximum Gasteiger partial charge on any atom is 0.417 e. The van der Waals surface area contributed by atoms with Crippen LogP contribution in [0.25, 0.3) is 99.5 Å². The van der Waals surface area contributed by atoms with Crippen LogP contribution in [0.15, 0.2) is 164 Å². The van der Waals surface area contributed by atoms with Gasteiger partial charge in [-0.3, -0.25) is 0 Å². The second kappa shape index (κ2) is 16.9. The number of nitriles is 1. The maximum absolute atomic E-state index is 15.0. The van der Waals surface area contributed by atoms with E-state index >= 15 is 13.2 Å². The minimum atomic E-state index is -5.14. The summed E-state index contributed by atoms with van der Waals surface area (Å²) in [5.41, 5.74) is 13.5. The fourth-order valence-corrected chi connectivity index (χ4v) is 11.5. The van der Waals surface area contributed by atoms with E-state index < -0.39 is 29.0 Å². The van der Waals surface area contributed by atoms with Gasteiger partial charge >= 0.3 is 12.4 Å². The summed E-state index contributed by atoms with van der Waals surface area (Å²) in [5.74, 6) is 0. The third-order valence-electron chi connectivity index (χ3n) is 14.2. The van der Waals surface area contributed by atoms with E-state index in [1.807, 2.05) is 48.5 Å². The Bertz CT molecular complexity index is 4050. The van der Waals surface area contributed by atoms with Crippen molar-refractivity contribution in [2.24, 2.45) is 0 Å². The van der Waals surface area contributed by atoms with Crippen LogP contribution in [0.2, 0.25) is 0 Å². The highest BCUT2D eigenvalue weighted by molar-refractivity contribution is 6.13. The number of hydrogen-bond acceptors (Lipinski definition) is 1. The molecule has 0 N–H and O–H groups in total. The number of hydrogen-bond donors (Lipinski definition) is 0. The molecule has 0 fully saturated rings. The van der Waals surface area contributed by atoms with E-state index in [4.69, 9.17) is 0 Å². The average Bonchev–Trinajstić information content (AvgIpc) is 3.84. The summed E-state index contributed by atoms with van der Waals surface area (Å²) < 4.78 is 91.5. The lowest BCUT2D eigenvalue weighted by molar-refractivity contribution is -0.142. The number of nitrogens with zero attached hydrogens (tertiary/aromatic N) is 3. The van der Waals surface area contributed by atoms with Crippen LogP contribution < -0.4 is 0 Å². The molecule has 0 bridgehead atoms. The molecular formula is C63H45F6N3. The first kappa shape index (κ1) is 46.1. The Kier molecular flexibility index (Phi) is 10.8. The number of alkyl halides is 6. The van der Waals surface area contributed by atoms with E-state index in [-0.39, 0.29) is 17.2 Å². The molecule has 9 aromatic carbocycles. The Morgan fingerprint density at radius 2 is 0.875 bits per heavy atom. The first-order valence-corrected chi connectivity index (χ1v) is 23.6. The van der Waals surface area contributed by atoms with Gasteiger partial charge in [0.1, 0.15) is 0 Å². The predicted octanol–water partition coefficient (Wildman–Crippen LogP) is 18.3. The molecular weight excluding hydrogens is 913 g/mol. The van der Waals surface area contributed by atoms with Gasteiger partial charge in [0.15, 0.2) is 0 Å². The maximum atomic E-state index is 15.0. The summed E-state index contributed by atoms with van der Waals surface area (Å²) in [6.45, 7) is 12.6. The Balaban J connectivity index is 1.24. The van der Waals surface area contributed by atoms with Crippen molar-refractivity contribution in [3.63, 3.8) is 0 Å². The number of halogens is 6. The van der Waals surface area contributed by atoms with Crippen LogP contribution in [0, 0.1) is 52.9 Å². The van der Waals surface area contributed by atoms with Crippen molar-refractivity contribution in [3.8, 4) is 62.0 Å². The number of aryl methyl sites for hydroxylation is 6. The number of fused-ring (bicyclic) bond motifs is 6. The fraction of sp³-hybridized carbons (Fsp3) is 0.127. The predicted molar refractivity (Wildman–Crippen MR) is 280 cm³/mol.